The predicted octanol–water partition coefficient (Wildman–Crippen LogP) is 2.54. The minimum atomic E-state index is 0.0152. The maximum absolute atomic E-state index is 4.33. The number of hydrogen-bond donors (Lipinski definition) is 1. The third kappa shape index (κ3) is 2.89. The number of anilines is 1. The summed E-state index contributed by atoms with van der Waals surface area (Å²) < 4.78 is 1.68. The Balaban J connectivity index is 1.84. The molecule has 21 heavy (non-hydrogen) atoms. The molecular weight excluding hydrogens is 264 g/mol. The summed E-state index contributed by atoms with van der Waals surface area (Å²) in [6.07, 6.45) is 1.77. The second-order valence-electron chi connectivity index (χ2n) is 4.87. The summed E-state index contributed by atoms with van der Waals surface area (Å²) in [5, 5.41) is 15.1. The molecule has 2 aromatic heterocycles. The molecule has 6 nitrogen and oxygen atoms in total. The average molecular weight is 280 g/mol. The Morgan fingerprint density at radius 1 is 1.10 bits per heavy atom. The number of aryl methyl sites for hydroxylation is 1. The van der Waals surface area contributed by atoms with E-state index in [1.165, 1.54) is 5.56 Å². The summed E-state index contributed by atoms with van der Waals surface area (Å²) in [7, 11) is 0. The van der Waals surface area contributed by atoms with Crippen molar-refractivity contribution in [2.24, 2.45) is 0 Å². The Bertz CT molecular complexity index is 705. The molecule has 1 aromatic carbocycles. The van der Waals surface area contributed by atoms with Crippen LogP contribution in [0.2, 0.25) is 0 Å². The summed E-state index contributed by atoms with van der Waals surface area (Å²) in [6.45, 7) is 4.07. The fourth-order valence-electron chi connectivity index (χ4n) is 2.04. The third-order valence-corrected chi connectivity index (χ3v) is 3.23. The summed E-state index contributed by atoms with van der Waals surface area (Å²) in [4.78, 5) is 4.33. The molecule has 0 saturated carbocycles. The smallest absolute Gasteiger partial charge is 0.248 e. The van der Waals surface area contributed by atoms with Gasteiger partial charge in [-0.2, -0.15) is 4.68 Å². The first-order valence-electron chi connectivity index (χ1n) is 6.77. The zero-order chi connectivity index (χ0) is 14.7. The van der Waals surface area contributed by atoms with Crippen LogP contribution in [0.15, 0.2) is 48.7 Å². The molecule has 0 radical (unpaired) electrons. The summed E-state index contributed by atoms with van der Waals surface area (Å²) in [5.74, 6) is 0.594. The van der Waals surface area contributed by atoms with E-state index in [1.807, 2.05) is 56.3 Å². The van der Waals surface area contributed by atoms with Gasteiger partial charge in [-0.3, -0.25) is 4.98 Å². The van der Waals surface area contributed by atoms with Crippen molar-refractivity contribution in [1.82, 2.24) is 25.2 Å². The van der Waals surface area contributed by atoms with E-state index < -0.39 is 0 Å². The molecule has 0 amide bonds. The zero-order valence-electron chi connectivity index (χ0n) is 11.9. The molecule has 0 bridgehead atoms. The largest absolute Gasteiger partial charge is 0.345 e. The fourth-order valence-corrected chi connectivity index (χ4v) is 2.04. The number of nitrogens with zero attached hydrogens (tertiary/aromatic N) is 5. The van der Waals surface area contributed by atoms with Gasteiger partial charge in [0.25, 0.3) is 0 Å². The maximum atomic E-state index is 4.33. The van der Waals surface area contributed by atoms with Gasteiger partial charge in [0.2, 0.25) is 5.95 Å². The highest BCUT2D eigenvalue weighted by molar-refractivity contribution is 5.40. The molecule has 2 heterocycles. The molecule has 0 aliphatic carbocycles. The molecule has 3 rings (SSSR count). The Labute approximate surface area is 122 Å². The molecule has 0 fully saturated rings. The molecule has 106 valence electrons. The van der Waals surface area contributed by atoms with Crippen LogP contribution in [0.1, 0.15) is 24.2 Å². The van der Waals surface area contributed by atoms with Gasteiger partial charge in [-0.05, 0) is 48.5 Å². The average Bonchev–Trinajstić information content (AvgIpc) is 2.97. The number of tetrazole rings is 1. The Morgan fingerprint density at radius 3 is 2.62 bits per heavy atom. The lowest BCUT2D eigenvalue weighted by atomic mass is 10.2. The van der Waals surface area contributed by atoms with Crippen molar-refractivity contribution in [3.63, 3.8) is 0 Å². The van der Waals surface area contributed by atoms with Crippen molar-refractivity contribution in [1.29, 1.82) is 0 Å². The quantitative estimate of drug-likeness (QED) is 0.795. The van der Waals surface area contributed by atoms with Gasteiger partial charge >= 0.3 is 0 Å². The van der Waals surface area contributed by atoms with Crippen LogP contribution in [0.5, 0.6) is 0 Å². The number of rotatable bonds is 4. The second-order valence-corrected chi connectivity index (χ2v) is 4.87. The number of hydrogen-bond acceptors (Lipinski definition) is 5. The first kappa shape index (κ1) is 13.2. The van der Waals surface area contributed by atoms with Gasteiger partial charge in [0.15, 0.2) is 0 Å². The highest BCUT2D eigenvalue weighted by atomic mass is 15.6. The van der Waals surface area contributed by atoms with Crippen LogP contribution in [0.3, 0.4) is 0 Å². The SMILES string of the molecule is Cc1ccc(-n2nnnc2N[C@H](C)c2ccccn2)cc1. The van der Waals surface area contributed by atoms with E-state index in [0.717, 1.165) is 11.4 Å². The molecule has 3 aromatic rings. The van der Waals surface area contributed by atoms with Gasteiger partial charge in [0.05, 0.1) is 17.4 Å². The van der Waals surface area contributed by atoms with E-state index in [2.05, 4.69) is 25.8 Å². The molecule has 1 N–H and O–H groups in total. The van der Waals surface area contributed by atoms with Gasteiger partial charge in [-0.15, -0.1) is 0 Å². The van der Waals surface area contributed by atoms with Gasteiger partial charge in [-0.1, -0.05) is 28.9 Å². The number of aromatic nitrogens is 5. The van der Waals surface area contributed by atoms with E-state index in [9.17, 15) is 0 Å². The Morgan fingerprint density at radius 2 is 1.90 bits per heavy atom. The standard InChI is InChI=1S/C15H16N6/c1-11-6-8-13(9-7-11)21-15(18-19-20-21)17-12(2)14-5-3-4-10-16-14/h3-10,12H,1-2H3,(H,17,18,20)/t12-/m1/s1. The molecule has 0 aliphatic heterocycles. The highest BCUT2D eigenvalue weighted by Crippen LogP contribution is 2.17. The molecule has 6 heteroatoms. The van der Waals surface area contributed by atoms with Crippen LogP contribution in [0.25, 0.3) is 5.69 Å². The molecule has 0 spiro atoms. The van der Waals surface area contributed by atoms with E-state index in [1.54, 1.807) is 10.9 Å². The lowest BCUT2D eigenvalue weighted by Gasteiger charge is -2.13. The lowest BCUT2D eigenvalue weighted by Crippen LogP contribution is -2.12. The first-order chi connectivity index (χ1) is 10.2. The van der Waals surface area contributed by atoms with Crippen molar-refractivity contribution >= 4 is 5.95 Å². The monoisotopic (exact) mass is 280 g/mol. The predicted molar refractivity (Wildman–Crippen MR) is 80.2 cm³/mol. The highest BCUT2D eigenvalue weighted by Gasteiger charge is 2.12. The summed E-state index contributed by atoms with van der Waals surface area (Å²) >= 11 is 0. The van der Waals surface area contributed by atoms with Gasteiger partial charge in [0, 0.05) is 6.20 Å². The van der Waals surface area contributed by atoms with Crippen molar-refractivity contribution in [2.75, 3.05) is 5.32 Å². The fraction of sp³-hybridized carbons (Fsp3) is 0.200. The lowest BCUT2D eigenvalue weighted by molar-refractivity contribution is 0.774. The molecule has 0 saturated heterocycles. The van der Waals surface area contributed by atoms with Crippen LogP contribution in [-0.2, 0) is 0 Å². The normalized spacial score (nSPS) is 12.1. The zero-order valence-corrected chi connectivity index (χ0v) is 11.9. The molecule has 0 aliphatic rings. The van der Waals surface area contributed by atoms with E-state index in [0.29, 0.717) is 5.95 Å². The van der Waals surface area contributed by atoms with Gasteiger partial charge in [0.1, 0.15) is 0 Å². The summed E-state index contributed by atoms with van der Waals surface area (Å²) in [5.41, 5.74) is 3.06. The van der Waals surface area contributed by atoms with Crippen molar-refractivity contribution in [3.8, 4) is 5.69 Å². The Kier molecular flexibility index (Phi) is 3.59. The molecule has 0 unspecified atom stereocenters. The van der Waals surface area contributed by atoms with E-state index >= 15 is 0 Å². The van der Waals surface area contributed by atoms with Gasteiger partial charge < -0.3 is 5.32 Å². The molecular formula is C15H16N6. The van der Waals surface area contributed by atoms with Crippen LogP contribution in [0.4, 0.5) is 5.95 Å². The minimum Gasteiger partial charge on any atom is -0.345 e. The Hall–Kier alpha value is -2.76. The van der Waals surface area contributed by atoms with Crippen LogP contribution >= 0.6 is 0 Å². The number of pyridine rings is 1. The van der Waals surface area contributed by atoms with Crippen LogP contribution in [-0.4, -0.2) is 25.2 Å². The van der Waals surface area contributed by atoms with Crippen molar-refractivity contribution in [2.45, 2.75) is 19.9 Å². The molecule has 1 atom stereocenters. The van der Waals surface area contributed by atoms with E-state index in [-0.39, 0.29) is 6.04 Å². The van der Waals surface area contributed by atoms with Crippen molar-refractivity contribution < 1.29 is 0 Å². The van der Waals surface area contributed by atoms with Crippen LogP contribution in [0, 0.1) is 6.92 Å². The minimum absolute atomic E-state index is 0.0152. The maximum Gasteiger partial charge on any atom is 0.248 e. The first-order valence-corrected chi connectivity index (χ1v) is 6.77. The number of benzene rings is 1. The van der Waals surface area contributed by atoms with E-state index in [4.69, 9.17) is 0 Å². The third-order valence-electron chi connectivity index (χ3n) is 3.23. The summed E-state index contributed by atoms with van der Waals surface area (Å²) in [6, 6.07) is 13.9. The number of nitrogens with one attached hydrogen (secondary N) is 1. The van der Waals surface area contributed by atoms with Crippen molar-refractivity contribution in [3.05, 3.63) is 59.9 Å². The van der Waals surface area contributed by atoms with Crippen LogP contribution < -0.4 is 5.32 Å². The second kappa shape index (κ2) is 5.70. The topological polar surface area (TPSA) is 68.5 Å². The van der Waals surface area contributed by atoms with Gasteiger partial charge in [-0.25, -0.2) is 0 Å².